The van der Waals surface area contributed by atoms with Crippen LogP contribution in [-0.2, 0) is 12.8 Å². The monoisotopic (exact) mass is 328 g/mol. The molecule has 0 aromatic carbocycles. The minimum absolute atomic E-state index is 0.252. The van der Waals surface area contributed by atoms with Crippen LogP contribution < -0.4 is 5.32 Å². The lowest BCUT2D eigenvalue weighted by Gasteiger charge is -2.11. The topological polar surface area (TPSA) is 24.9 Å². The highest BCUT2D eigenvalue weighted by atomic mass is 79.9. The summed E-state index contributed by atoms with van der Waals surface area (Å²) in [4.78, 5) is 7.62. The molecule has 1 N–H and O–H groups in total. The van der Waals surface area contributed by atoms with E-state index in [4.69, 9.17) is 4.98 Å². The largest absolute Gasteiger partial charge is 0.307 e. The first-order valence-electron chi connectivity index (χ1n) is 5.69. The number of hydrogen-bond acceptors (Lipinski definition) is 4. The molecule has 0 radical (unpaired) electrons. The molecule has 17 heavy (non-hydrogen) atoms. The number of hydrogen-bond donors (Lipinski definition) is 1. The lowest BCUT2D eigenvalue weighted by Crippen LogP contribution is -2.16. The third-order valence-corrected chi connectivity index (χ3v) is 5.94. The average molecular weight is 329 g/mol. The van der Waals surface area contributed by atoms with E-state index >= 15 is 0 Å². The summed E-state index contributed by atoms with van der Waals surface area (Å²) < 4.78 is 1.18. The normalized spacial score (nSPS) is 16.1. The van der Waals surface area contributed by atoms with Crippen LogP contribution in [-0.4, -0.2) is 12.0 Å². The first-order valence-corrected chi connectivity index (χ1v) is 8.11. The van der Waals surface area contributed by atoms with Gasteiger partial charge in [0.1, 0.15) is 5.01 Å². The van der Waals surface area contributed by atoms with E-state index in [0.717, 1.165) is 6.42 Å². The quantitative estimate of drug-likeness (QED) is 0.927. The highest BCUT2D eigenvalue weighted by Crippen LogP contribution is 2.36. The van der Waals surface area contributed by atoms with E-state index in [1.54, 1.807) is 11.3 Å². The molecule has 90 valence electrons. The van der Waals surface area contributed by atoms with Gasteiger partial charge < -0.3 is 5.32 Å². The van der Waals surface area contributed by atoms with Crippen molar-refractivity contribution in [1.82, 2.24) is 10.3 Å². The fourth-order valence-electron chi connectivity index (χ4n) is 2.20. The fraction of sp³-hybridized carbons (Fsp3) is 0.417. The van der Waals surface area contributed by atoms with Crippen LogP contribution >= 0.6 is 38.6 Å². The molecular weight excluding hydrogens is 316 g/mol. The first kappa shape index (κ1) is 11.8. The molecule has 2 heterocycles. The maximum Gasteiger partial charge on any atom is 0.115 e. The third-order valence-electron chi connectivity index (χ3n) is 3.03. The van der Waals surface area contributed by atoms with E-state index in [1.165, 1.54) is 37.1 Å². The van der Waals surface area contributed by atoms with Crippen LogP contribution in [0.5, 0.6) is 0 Å². The average Bonchev–Trinajstić information content (AvgIpc) is 2.95. The lowest BCUT2D eigenvalue weighted by molar-refractivity contribution is 0.694. The summed E-state index contributed by atoms with van der Waals surface area (Å²) in [5.41, 5.74) is 1.33. The Kier molecular flexibility index (Phi) is 3.34. The Hall–Kier alpha value is -0.230. The molecule has 0 aliphatic heterocycles. The number of aromatic nitrogens is 1. The molecule has 0 amide bonds. The zero-order valence-electron chi connectivity index (χ0n) is 9.50. The van der Waals surface area contributed by atoms with Gasteiger partial charge in [-0.3, -0.25) is 0 Å². The van der Waals surface area contributed by atoms with Crippen LogP contribution in [0.3, 0.4) is 0 Å². The predicted molar refractivity (Wildman–Crippen MR) is 77.1 cm³/mol. The van der Waals surface area contributed by atoms with E-state index < -0.39 is 0 Å². The molecule has 1 aliphatic rings. The number of halogens is 1. The SMILES string of the molecule is CNC(c1ccc(Br)s1)c1nc2c(s1)CCC2. The van der Waals surface area contributed by atoms with Crippen LogP contribution in [0, 0.1) is 0 Å². The Morgan fingerprint density at radius 2 is 2.24 bits per heavy atom. The second-order valence-electron chi connectivity index (χ2n) is 4.14. The van der Waals surface area contributed by atoms with E-state index in [1.807, 2.05) is 18.4 Å². The van der Waals surface area contributed by atoms with Crippen LogP contribution in [0.25, 0.3) is 0 Å². The number of fused-ring (bicyclic) bond motifs is 1. The van der Waals surface area contributed by atoms with Crippen molar-refractivity contribution < 1.29 is 0 Å². The van der Waals surface area contributed by atoms with Gasteiger partial charge in [-0.2, -0.15) is 0 Å². The Morgan fingerprint density at radius 1 is 1.35 bits per heavy atom. The van der Waals surface area contributed by atoms with Crippen LogP contribution in [0.1, 0.15) is 32.9 Å². The van der Waals surface area contributed by atoms with Crippen molar-refractivity contribution >= 4 is 38.6 Å². The van der Waals surface area contributed by atoms with Gasteiger partial charge in [-0.1, -0.05) is 0 Å². The molecule has 3 rings (SSSR count). The third kappa shape index (κ3) is 2.21. The van der Waals surface area contributed by atoms with Crippen molar-refractivity contribution in [3.05, 3.63) is 36.4 Å². The summed E-state index contributed by atoms with van der Waals surface area (Å²) in [7, 11) is 2.00. The van der Waals surface area contributed by atoms with Gasteiger partial charge in [0.25, 0.3) is 0 Å². The Balaban J connectivity index is 1.94. The number of nitrogens with one attached hydrogen (secondary N) is 1. The van der Waals surface area contributed by atoms with Gasteiger partial charge in [-0.25, -0.2) is 4.98 Å². The van der Waals surface area contributed by atoms with E-state index in [9.17, 15) is 0 Å². The predicted octanol–water partition coefficient (Wildman–Crippen LogP) is 3.76. The summed E-state index contributed by atoms with van der Waals surface area (Å²) in [5.74, 6) is 0. The Morgan fingerprint density at radius 3 is 2.88 bits per heavy atom. The molecule has 0 spiro atoms. The second kappa shape index (κ2) is 4.80. The summed E-state index contributed by atoms with van der Waals surface area (Å²) in [6.45, 7) is 0. The molecule has 0 bridgehead atoms. The van der Waals surface area contributed by atoms with E-state index in [-0.39, 0.29) is 6.04 Å². The molecule has 2 aromatic rings. The molecule has 2 nitrogen and oxygen atoms in total. The number of thiazole rings is 1. The van der Waals surface area contributed by atoms with Gasteiger partial charge in [0.15, 0.2) is 0 Å². The number of thiophene rings is 1. The Bertz CT molecular complexity index is 511. The zero-order valence-corrected chi connectivity index (χ0v) is 12.7. The van der Waals surface area contributed by atoms with Crippen molar-refractivity contribution in [3.8, 4) is 0 Å². The maximum atomic E-state index is 4.79. The first-order chi connectivity index (χ1) is 8.28. The molecular formula is C12H13BrN2S2. The molecule has 0 saturated heterocycles. The van der Waals surface area contributed by atoms with Gasteiger partial charge >= 0.3 is 0 Å². The molecule has 0 saturated carbocycles. The summed E-state index contributed by atoms with van der Waals surface area (Å²) in [5, 5.41) is 4.59. The molecule has 1 atom stereocenters. The molecule has 5 heteroatoms. The summed E-state index contributed by atoms with van der Waals surface area (Å²) in [6.07, 6.45) is 3.66. The van der Waals surface area contributed by atoms with Gasteiger partial charge in [0.05, 0.1) is 15.5 Å². The lowest BCUT2D eigenvalue weighted by atomic mass is 10.2. The minimum Gasteiger partial charge on any atom is -0.307 e. The van der Waals surface area contributed by atoms with Crippen molar-refractivity contribution in [1.29, 1.82) is 0 Å². The van der Waals surface area contributed by atoms with Crippen LogP contribution in [0.15, 0.2) is 15.9 Å². The number of aryl methyl sites for hydroxylation is 2. The minimum atomic E-state index is 0.252. The molecule has 1 unspecified atom stereocenters. The second-order valence-corrected chi connectivity index (χ2v) is 7.75. The highest BCUT2D eigenvalue weighted by molar-refractivity contribution is 9.11. The summed E-state index contributed by atoms with van der Waals surface area (Å²) >= 11 is 7.17. The van der Waals surface area contributed by atoms with Gasteiger partial charge in [0, 0.05) is 9.75 Å². The highest BCUT2D eigenvalue weighted by Gasteiger charge is 2.23. The molecule has 2 aromatic heterocycles. The van der Waals surface area contributed by atoms with Crippen LogP contribution in [0.2, 0.25) is 0 Å². The van der Waals surface area contributed by atoms with E-state index in [0.29, 0.717) is 0 Å². The van der Waals surface area contributed by atoms with Crippen LogP contribution in [0.4, 0.5) is 0 Å². The van der Waals surface area contributed by atoms with Crippen molar-refractivity contribution in [3.63, 3.8) is 0 Å². The maximum absolute atomic E-state index is 4.79. The van der Waals surface area contributed by atoms with Gasteiger partial charge in [-0.15, -0.1) is 22.7 Å². The molecule has 0 fully saturated rings. The molecule has 1 aliphatic carbocycles. The van der Waals surface area contributed by atoms with Crippen molar-refractivity contribution in [2.24, 2.45) is 0 Å². The Labute approximate surface area is 117 Å². The standard InChI is InChI=1S/C12H13BrN2S2/c1-14-11(9-5-6-10(13)16-9)12-15-7-3-2-4-8(7)17-12/h5-6,11,14H,2-4H2,1H3. The fourth-order valence-corrected chi connectivity index (χ4v) is 5.10. The zero-order chi connectivity index (χ0) is 11.8. The van der Waals surface area contributed by atoms with Gasteiger partial charge in [0.2, 0.25) is 0 Å². The summed E-state index contributed by atoms with van der Waals surface area (Å²) in [6, 6.07) is 4.52. The number of nitrogens with zero attached hydrogens (tertiary/aromatic N) is 1. The van der Waals surface area contributed by atoms with E-state index in [2.05, 4.69) is 33.4 Å². The van der Waals surface area contributed by atoms with Crippen molar-refractivity contribution in [2.75, 3.05) is 7.05 Å². The van der Waals surface area contributed by atoms with Gasteiger partial charge in [-0.05, 0) is 54.4 Å². The number of rotatable bonds is 3. The smallest absolute Gasteiger partial charge is 0.115 e. The van der Waals surface area contributed by atoms with Crippen molar-refractivity contribution in [2.45, 2.75) is 25.3 Å².